The first-order chi connectivity index (χ1) is 15.8. The van der Waals surface area contributed by atoms with Gasteiger partial charge in [0.15, 0.2) is 5.65 Å². The van der Waals surface area contributed by atoms with Crippen molar-refractivity contribution in [2.24, 2.45) is 0 Å². The maximum atomic E-state index is 4.79. The van der Waals surface area contributed by atoms with E-state index in [2.05, 4.69) is 65.4 Å². The number of rotatable bonds is 7. The minimum atomic E-state index is 0.846. The van der Waals surface area contributed by atoms with Gasteiger partial charge in [-0.2, -0.15) is 5.10 Å². The molecule has 3 aromatic heterocycles. The van der Waals surface area contributed by atoms with Crippen molar-refractivity contribution in [3.63, 3.8) is 0 Å². The molecule has 160 valence electrons. The number of hydrogen-bond acceptors (Lipinski definition) is 4. The van der Waals surface area contributed by atoms with Crippen LogP contribution in [0.2, 0.25) is 0 Å². The number of anilines is 1. The normalized spacial score (nSPS) is 11.3. The third-order valence-electron chi connectivity index (χ3n) is 5.85. The van der Waals surface area contributed by atoms with Gasteiger partial charge in [0.1, 0.15) is 0 Å². The van der Waals surface area contributed by atoms with Crippen molar-refractivity contribution in [2.45, 2.75) is 26.7 Å². The third-order valence-corrected chi connectivity index (χ3v) is 5.85. The van der Waals surface area contributed by atoms with Crippen LogP contribution in [0.25, 0.3) is 38.8 Å². The maximum absolute atomic E-state index is 4.79. The number of benzene rings is 2. The van der Waals surface area contributed by atoms with E-state index in [-0.39, 0.29) is 0 Å². The van der Waals surface area contributed by atoms with E-state index in [1.165, 1.54) is 5.69 Å². The van der Waals surface area contributed by atoms with Crippen LogP contribution in [-0.2, 0) is 0 Å². The van der Waals surface area contributed by atoms with Crippen LogP contribution in [0, 0.1) is 0 Å². The van der Waals surface area contributed by atoms with Crippen LogP contribution in [0.1, 0.15) is 26.7 Å². The highest BCUT2D eigenvalue weighted by atomic mass is 15.2. The lowest BCUT2D eigenvalue weighted by atomic mass is 10.0. The highest BCUT2D eigenvalue weighted by Gasteiger charge is 2.13. The summed E-state index contributed by atoms with van der Waals surface area (Å²) < 4.78 is 1.87. The maximum Gasteiger partial charge on any atom is 0.162 e. The molecule has 3 heterocycles. The first-order valence-corrected chi connectivity index (χ1v) is 11.3. The van der Waals surface area contributed by atoms with Crippen molar-refractivity contribution in [3.05, 3.63) is 79.4 Å². The Balaban J connectivity index is 1.49. The summed E-state index contributed by atoms with van der Waals surface area (Å²) in [5.74, 6) is 0. The van der Waals surface area contributed by atoms with Gasteiger partial charge in [0, 0.05) is 53.9 Å². The van der Waals surface area contributed by atoms with Gasteiger partial charge in [0.2, 0.25) is 0 Å². The van der Waals surface area contributed by atoms with Gasteiger partial charge in [-0.05, 0) is 48.2 Å². The fourth-order valence-corrected chi connectivity index (χ4v) is 4.32. The van der Waals surface area contributed by atoms with Crippen LogP contribution < -0.4 is 4.90 Å². The average molecular weight is 422 g/mol. The Morgan fingerprint density at radius 3 is 2.34 bits per heavy atom. The predicted molar refractivity (Wildman–Crippen MR) is 132 cm³/mol. The van der Waals surface area contributed by atoms with E-state index in [1.54, 1.807) is 0 Å². The number of pyridine rings is 1. The molecule has 0 saturated carbocycles. The molecule has 0 amide bonds. The van der Waals surface area contributed by atoms with E-state index < -0.39 is 0 Å². The molecule has 0 fully saturated rings. The summed E-state index contributed by atoms with van der Waals surface area (Å²) in [4.78, 5) is 11.7. The van der Waals surface area contributed by atoms with Gasteiger partial charge in [0.05, 0.1) is 11.7 Å². The standard InChI is InChI=1S/C27H27N5/c1-3-15-31(16-4-2)22-11-9-20(10-12-22)21-17-29-27-25(18-30-32(27)19-21)23-13-14-28-26-8-6-5-7-24(23)26/h5-14,17-19H,3-4,15-16H2,1-2H3. The van der Waals surface area contributed by atoms with Crippen LogP contribution in [0.5, 0.6) is 0 Å². The SMILES string of the molecule is CCCN(CCC)c1ccc(-c2cnc3c(-c4ccnc5ccccc45)cnn3c2)cc1. The second-order valence-corrected chi connectivity index (χ2v) is 8.08. The zero-order chi connectivity index (χ0) is 21.9. The average Bonchev–Trinajstić information content (AvgIpc) is 3.27. The van der Waals surface area contributed by atoms with Crippen LogP contribution in [0.3, 0.4) is 0 Å². The Labute approximate surface area is 188 Å². The van der Waals surface area contributed by atoms with Crippen molar-refractivity contribution < 1.29 is 0 Å². The summed E-state index contributed by atoms with van der Waals surface area (Å²) in [7, 11) is 0. The van der Waals surface area contributed by atoms with Crippen LogP contribution in [-0.4, -0.2) is 32.7 Å². The monoisotopic (exact) mass is 421 g/mol. The van der Waals surface area contributed by atoms with Crippen LogP contribution >= 0.6 is 0 Å². The van der Waals surface area contributed by atoms with Gasteiger partial charge in [-0.1, -0.05) is 44.2 Å². The Morgan fingerprint density at radius 2 is 1.56 bits per heavy atom. The zero-order valence-corrected chi connectivity index (χ0v) is 18.6. The van der Waals surface area contributed by atoms with E-state index in [1.807, 2.05) is 47.4 Å². The van der Waals surface area contributed by atoms with Gasteiger partial charge >= 0.3 is 0 Å². The predicted octanol–water partition coefficient (Wildman–Crippen LogP) is 6.24. The molecule has 0 bridgehead atoms. The number of para-hydroxylation sites is 1. The summed E-state index contributed by atoms with van der Waals surface area (Å²) in [6.45, 7) is 6.62. The molecular formula is C27H27N5. The molecule has 0 aliphatic heterocycles. The minimum absolute atomic E-state index is 0.846. The second kappa shape index (κ2) is 8.79. The first kappa shape index (κ1) is 20.2. The van der Waals surface area contributed by atoms with E-state index in [0.29, 0.717) is 0 Å². The van der Waals surface area contributed by atoms with Crippen LogP contribution in [0.4, 0.5) is 5.69 Å². The van der Waals surface area contributed by atoms with Crippen molar-refractivity contribution in [1.29, 1.82) is 0 Å². The number of nitrogens with zero attached hydrogens (tertiary/aromatic N) is 5. The minimum Gasteiger partial charge on any atom is -0.372 e. The first-order valence-electron chi connectivity index (χ1n) is 11.3. The van der Waals surface area contributed by atoms with E-state index in [9.17, 15) is 0 Å². The summed E-state index contributed by atoms with van der Waals surface area (Å²) in [5.41, 5.74) is 7.40. The summed E-state index contributed by atoms with van der Waals surface area (Å²) in [6, 6.07) is 19.0. The highest BCUT2D eigenvalue weighted by molar-refractivity contribution is 5.97. The lowest BCUT2D eigenvalue weighted by molar-refractivity contribution is 0.745. The second-order valence-electron chi connectivity index (χ2n) is 8.08. The molecule has 0 aliphatic rings. The molecule has 32 heavy (non-hydrogen) atoms. The molecular weight excluding hydrogens is 394 g/mol. The van der Waals surface area contributed by atoms with Crippen molar-refractivity contribution in [3.8, 4) is 22.3 Å². The van der Waals surface area contributed by atoms with Gasteiger partial charge < -0.3 is 4.90 Å². The van der Waals surface area contributed by atoms with E-state index in [0.717, 1.165) is 64.7 Å². The topological polar surface area (TPSA) is 46.3 Å². The largest absolute Gasteiger partial charge is 0.372 e. The molecule has 0 atom stereocenters. The summed E-state index contributed by atoms with van der Waals surface area (Å²) in [5, 5.41) is 5.71. The summed E-state index contributed by atoms with van der Waals surface area (Å²) in [6.07, 6.45) is 10.0. The molecule has 5 heteroatoms. The van der Waals surface area contributed by atoms with Crippen LogP contribution in [0.15, 0.2) is 79.4 Å². The Morgan fingerprint density at radius 1 is 0.781 bits per heavy atom. The van der Waals surface area contributed by atoms with E-state index in [4.69, 9.17) is 4.98 Å². The van der Waals surface area contributed by atoms with Crippen molar-refractivity contribution in [2.75, 3.05) is 18.0 Å². The fourth-order valence-electron chi connectivity index (χ4n) is 4.32. The molecule has 0 spiro atoms. The zero-order valence-electron chi connectivity index (χ0n) is 18.6. The van der Waals surface area contributed by atoms with Gasteiger partial charge in [-0.25, -0.2) is 9.50 Å². The fraction of sp³-hybridized carbons (Fsp3) is 0.222. The molecule has 0 N–H and O–H groups in total. The molecule has 5 nitrogen and oxygen atoms in total. The summed E-state index contributed by atoms with van der Waals surface area (Å²) >= 11 is 0. The van der Waals surface area contributed by atoms with Gasteiger partial charge in [-0.3, -0.25) is 4.98 Å². The third kappa shape index (κ3) is 3.71. The number of aromatic nitrogens is 4. The molecule has 0 unspecified atom stereocenters. The lowest BCUT2D eigenvalue weighted by Crippen LogP contribution is -2.24. The quantitative estimate of drug-likeness (QED) is 0.312. The molecule has 5 rings (SSSR count). The molecule has 0 saturated heterocycles. The molecule has 0 radical (unpaired) electrons. The Kier molecular flexibility index (Phi) is 5.55. The van der Waals surface area contributed by atoms with Gasteiger partial charge in [-0.15, -0.1) is 0 Å². The molecule has 0 aliphatic carbocycles. The van der Waals surface area contributed by atoms with Gasteiger partial charge in [0.25, 0.3) is 0 Å². The molecule has 2 aromatic carbocycles. The van der Waals surface area contributed by atoms with E-state index >= 15 is 0 Å². The Bertz CT molecular complexity index is 1340. The Hall–Kier alpha value is -3.73. The number of fused-ring (bicyclic) bond motifs is 2. The highest BCUT2D eigenvalue weighted by Crippen LogP contribution is 2.31. The smallest absolute Gasteiger partial charge is 0.162 e. The van der Waals surface area contributed by atoms with Crippen molar-refractivity contribution >= 4 is 22.2 Å². The van der Waals surface area contributed by atoms with Crippen molar-refractivity contribution in [1.82, 2.24) is 19.6 Å². The number of hydrogen-bond donors (Lipinski definition) is 0. The molecule has 5 aromatic rings. The lowest BCUT2D eigenvalue weighted by Gasteiger charge is -2.24.